The number of anilines is 1. The van der Waals surface area contributed by atoms with Crippen LogP contribution in [0.15, 0.2) is 48.7 Å². The van der Waals surface area contributed by atoms with Crippen molar-refractivity contribution in [2.75, 3.05) is 12.4 Å². The van der Waals surface area contributed by atoms with Crippen LogP contribution in [0.1, 0.15) is 32.0 Å². The van der Waals surface area contributed by atoms with Crippen molar-refractivity contribution in [1.29, 1.82) is 0 Å². The molecule has 2 heterocycles. The van der Waals surface area contributed by atoms with E-state index >= 15 is 0 Å². The van der Waals surface area contributed by atoms with E-state index in [0.717, 1.165) is 28.5 Å². The molecule has 0 unspecified atom stereocenters. The van der Waals surface area contributed by atoms with E-state index in [4.69, 9.17) is 9.72 Å². The Morgan fingerprint density at radius 1 is 1.04 bits per heavy atom. The van der Waals surface area contributed by atoms with Crippen LogP contribution in [0.25, 0.3) is 17.8 Å². The summed E-state index contributed by atoms with van der Waals surface area (Å²) in [6, 6.07) is 14.0. The zero-order valence-corrected chi connectivity index (χ0v) is 14.6. The molecule has 0 aliphatic carbocycles. The first kappa shape index (κ1) is 16.1. The third-order valence-corrected chi connectivity index (χ3v) is 3.61. The van der Waals surface area contributed by atoms with E-state index in [9.17, 15) is 0 Å². The van der Waals surface area contributed by atoms with Crippen LogP contribution in [0.5, 0.6) is 5.75 Å². The van der Waals surface area contributed by atoms with E-state index < -0.39 is 0 Å². The molecular weight excluding hydrogens is 298 g/mol. The van der Waals surface area contributed by atoms with Crippen LogP contribution in [0, 0.1) is 0 Å². The molecule has 1 aromatic carbocycles. The van der Waals surface area contributed by atoms with Crippen LogP contribution in [-0.4, -0.2) is 22.0 Å². The molecule has 0 aliphatic heterocycles. The summed E-state index contributed by atoms with van der Waals surface area (Å²) in [6.45, 7) is 6.43. The lowest BCUT2D eigenvalue weighted by Gasteiger charge is -2.22. The molecule has 0 bridgehead atoms. The molecule has 4 heteroatoms. The number of methoxy groups -OCH3 is 1. The third kappa shape index (κ3) is 3.43. The normalized spacial score (nSPS) is 12.0. The maximum Gasteiger partial charge on any atom is 0.139 e. The van der Waals surface area contributed by atoms with Crippen molar-refractivity contribution < 1.29 is 4.74 Å². The molecule has 0 radical (unpaired) electrons. The summed E-state index contributed by atoms with van der Waals surface area (Å²) in [4.78, 5) is 4.74. The lowest BCUT2D eigenvalue weighted by atomic mass is 10.1. The summed E-state index contributed by atoms with van der Waals surface area (Å²) in [5.41, 5.74) is 2.79. The van der Waals surface area contributed by atoms with E-state index in [1.54, 1.807) is 7.11 Å². The molecule has 4 nitrogen and oxygen atoms in total. The van der Waals surface area contributed by atoms with Gasteiger partial charge in [-0.05, 0) is 51.1 Å². The Hall–Kier alpha value is -2.75. The quantitative estimate of drug-likeness (QED) is 0.755. The van der Waals surface area contributed by atoms with Crippen molar-refractivity contribution in [3.63, 3.8) is 0 Å². The van der Waals surface area contributed by atoms with Gasteiger partial charge in [-0.15, -0.1) is 0 Å². The summed E-state index contributed by atoms with van der Waals surface area (Å²) >= 11 is 0. The first-order valence-corrected chi connectivity index (χ1v) is 8.04. The molecule has 0 amide bonds. The number of rotatable bonds is 4. The Bertz CT molecular complexity index is 872. The minimum absolute atomic E-state index is 0.0567. The lowest BCUT2D eigenvalue weighted by Crippen LogP contribution is -2.27. The smallest absolute Gasteiger partial charge is 0.139 e. The topological polar surface area (TPSA) is 38.6 Å². The van der Waals surface area contributed by atoms with Gasteiger partial charge >= 0.3 is 0 Å². The minimum Gasteiger partial charge on any atom is -0.496 e. The number of imidazole rings is 1. The Morgan fingerprint density at radius 2 is 1.79 bits per heavy atom. The standard InChI is InChI=1S/C20H23N3O/c1-20(2,3)22-19-16(21-18-11-7-8-14-23(18)19)13-12-15-9-5-6-10-17(15)24-4/h5-14,22H,1-4H3/b13-12+. The second-order valence-corrected chi connectivity index (χ2v) is 6.72. The second kappa shape index (κ2) is 6.40. The van der Waals surface area contributed by atoms with Crippen molar-refractivity contribution in [3.8, 4) is 5.75 Å². The van der Waals surface area contributed by atoms with Crippen LogP contribution in [-0.2, 0) is 0 Å². The fourth-order valence-corrected chi connectivity index (χ4v) is 2.58. The molecule has 0 fully saturated rings. The number of benzene rings is 1. The monoisotopic (exact) mass is 321 g/mol. The second-order valence-electron chi connectivity index (χ2n) is 6.72. The van der Waals surface area contributed by atoms with Gasteiger partial charge in [-0.3, -0.25) is 4.40 Å². The van der Waals surface area contributed by atoms with Gasteiger partial charge in [0.05, 0.1) is 7.11 Å². The molecule has 0 aliphatic rings. The summed E-state index contributed by atoms with van der Waals surface area (Å²) < 4.78 is 7.49. The maximum absolute atomic E-state index is 5.41. The van der Waals surface area contributed by atoms with E-state index in [1.807, 2.05) is 60.8 Å². The van der Waals surface area contributed by atoms with Crippen LogP contribution < -0.4 is 10.1 Å². The molecule has 124 valence electrons. The highest BCUT2D eigenvalue weighted by Crippen LogP contribution is 2.25. The number of para-hydroxylation sites is 1. The van der Waals surface area contributed by atoms with Gasteiger partial charge in [0.25, 0.3) is 0 Å². The van der Waals surface area contributed by atoms with E-state index in [0.29, 0.717) is 0 Å². The van der Waals surface area contributed by atoms with E-state index in [2.05, 4.69) is 30.5 Å². The highest BCUT2D eigenvalue weighted by Gasteiger charge is 2.16. The average Bonchev–Trinajstić information content (AvgIpc) is 2.89. The predicted molar refractivity (Wildman–Crippen MR) is 100 cm³/mol. The van der Waals surface area contributed by atoms with Crippen LogP contribution in [0.4, 0.5) is 5.82 Å². The van der Waals surface area contributed by atoms with Gasteiger partial charge < -0.3 is 10.1 Å². The molecule has 24 heavy (non-hydrogen) atoms. The van der Waals surface area contributed by atoms with Gasteiger partial charge in [0.1, 0.15) is 22.9 Å². The van der Waals surface area contributed by atoms with Crippen LogP contribution in [0.3, 0.4) is 0 Å². The number of nitrogens with zero attached hydrogens (tertiary/aromatic N) is 2. The molecule has 1 N–H and O–H groups in total. The number of hydrogen-bond donors (Lipinski definition) is 1. The van der Waals surface area contributed by atoms with Gasteiger partial charge in [-0.1, -0.05) is 24.3 Å². The summed E-state index contributed by atoms with van der Waals surface area (Å²) in [6.07, 6.45) is 6.09. The van der Waals surface area contributed by atoms with Crippen molar-refractivity contribution in [3.05, 3.63) is 59.9 Å². The van der Waals surface area contributed by atoms with Crippen LogP contribution >= 0.6 is 0 Å². The fraction of sp³-hybridized carbons (Fsp3) is 0.250. The molecule has 0 atom stereocenters. The van der Waals surface area contributed by atoms with Crippen molar-refractivity contribution in [2.24, 2.45) is 0 Å². The number of ether oxygens (including phenoxy) is 1. The number of nitrogens with one attached hydrogen (secondary N) is 1. The lowest BCUT2D eigenvalue weighted by molar-refractivity contribution is 0.414. The number of aromatic nitrogens is 2. The molecule has 0 saturated carbocycles. The minimum atomic E-state index is -0.0567. The Morgan fingerprint density at radius 3 is 2.54 bits per heavy atom. The fourth-order valence-electron chi connectivity index (χ4n) is 2.58. The molecule has 0 spiro atoms. The first-order chi connectivity index (χ1) is 11.5. The Balaban J connectivity index is 2.05. The molecular formula is C20H23N3O. The first-order valence-electron chi connectivity index (χ1n) is 8.04. The molecule has 3 aromatic rings. The van der Waals surface area contributed by atoms with Crippen molar-refractivity contribution >= 4 is 23.6 Å². The number of hydrogen-bond acceptors (Lipinski definition) is 3. The van der Waals surface area contributed by atoms with Crippen LogP contribution in [0.2, 0.25) is 0 Å². The average molecular weight is 321 g/mol. The maximum atomic E-state index is 5.41. The van der Waals surface area contributed by atoms with Gasteiger partial charge in [0.2, 0.25) is 0 Å². The SMILES string of the molecule is COc1ccccc1/C=C/c1nc2ccccn2c1NC(C)(C)C. The zero-order chi connectivity index (χ0) is 17.2. The molecule has 2 aromatic heterocycles. The van der Waals surface area contributed by atoms with E-state index in [-0.39, 0.29) is 5.54 Å². The highest BCUT2D eigenvalue weighted by molar-refractivity contribution is 5.77. The van der Waals surface area contributed by atoms with Crippen molar-refractivity contribution in [1.82, 2.24) is 9.38 Å². The van der Waals surface area contributed by atoms with Gasteiger partial charge in [0, 0.05) is 17.3 Å². The highest BCUT2D eigenvalue weighted by atomic mass is 16.5. The summed E-state index contributed by atoms with van der Waals surface area (Å²) in [5, 5.41) is 3.56. The summed E-state index contributed by atoms with van der Waals surface area (Å²) in [5.74, 6) is 1.84. The zero-order valence-electron chi connectivity index (χ0n) is 14.6. The van der Waals surface area contributed by atoms with Gasteiger partial charge in [-0.2, -0.15) is 0 Å². The van der Waals surface area contributed by atoms with Gasteiger partial charge in [-0.25, -0.2) is 4.98 Å². The Kier molecular flexibility index (Phi) is 4.30. The Labute approximate surface area is 142 Å². The predicted octanol–water partition coefficient (Wildman–Crippen LogP) is 4.72. The number of pyridine rings is 1. The third-order valence-electron chi connectivity index (χ3n) is 3.61. The summed E-state index contributed by atoms with van der Waals surface area (Å²) in [7, 11) is 1.68. The number of fused-ring (bicyclic) bond motifs is 1. The van der Waals surface area contributed by atoms with E-state index in [1.165, 1.54) is 0 Å². The largest absolute Gasteiger partial charge is 0.496 e. The van der Waals surface area contributed by atoms with Crippen molar-refractivity contribution in [2.45, 2.75) is 26.3 Å². The molecule has 3 rings (SSSR count). The van der Waals surface area contributed by atoms with Gasteiger partial charge in [0.15, 0.2) is 0 Å². The molecule has 0 saturated heterocycles.